The Balaban J connectivity index is 2.43. The van der Waals surface area contributed by atoms with Gasteiger partial charge in [-0.2, -0.15) is 0 Å². The van der Waals surface area contributed by atoms with Crippen LogP contribution in [0.15, 0.2) is 0 Å². The van der Waals surface area contributed by atoms with Gasteiger partial charge in [0, 0.05) is 13.0 Å². The van der Waals surface area contributed by atoms with Gasteiger partial charge in [0.15, 0.2) is 0 Å². The molecular weight excluding hydrogens is 150 g/mol. The predicted octanol–water partition coefficient (Wildman–Crippen LogP) is 1.76. The molecule has 2 heteroatoms. The topological polar surface area (TPSA) is 29.1 Å². The van der Waals surface area contributed by atoms with E-state index >= 15 is 0 Å². The summed E-state index contributed by atoms with van der Waals surface area (Å²) >= 11 is 0. The normalized spacial score (nSPS) is 32.0. The Morgan fingerprint density at radius 1 is 1.67 bits per heavy atom. The minimum atomic E-state index is 0.212. The van der Waals surface area contributed by atoms with Crippen molar-refractivity contribution in [1.82, 2.24) is 5.32 Å². The Morgan fingerprint density at radius 2 is 2.42 bits per heavy atom. The first-order valence-electron chi connectivity index (χ1n) is 4.80. The van der Waals surface area contributed by atoms with E-state index in [1.165, 1.54) is 0 Å². The molecule has 0 bridgehead atoms. The Morgan fingerprint density at radius 3 is 3.08 bits per heavy atom. The summed E-state index contributed by atoms with van der Waals surface area (Å²) < 4.78 is 0. The number of rotatable bonds is 1. The van der Waals surface area contributed by atoms with Crippen molar-refractivity contribution in [3.05, 3.63) is 6.92 Å². The van der Waals surface area contributed by atoms with Gasteiger partial charge in [0.2, 0.25) is 5.91 Å². The molecule has 0 aliphatic carbocycles. The van der Waals surface area contributed by atoms with Gasteiger partial charge in [-0.05, 0) is 24.7 Å². The van der Waals surface area contributed by atoms with Crippen molar-refractivity contribution < 1.29 is 4.79 Å². The molecule has 1 saturated heterocycles. The first-order chi connectivity index (χ1) is 5.74. The van der Waals surface area contributed by atoms with E-state index in [0.717, 1.165) is 25.8 Å². The van der Waals surface area contributed by atoms with Gasteiger partial charge in [0.1, 0.15) is 0 Å². The van der Waals surface area contributed by atoms with Crippen LogP contribution in [0.1, 0.15) is 32.6 Å². The van der Waals surface area contributed by atoms with E-state index in [2.05, 4.69) is 19.2 Å². The van der Waals surface area contributed by atoms with Crippen LogP contribution in [-0.4, -0.2) is 12.5 Å². The van der Waals surface area contributed by atoms with E-state index < -0.39 is 0 Å². The van der Waals surface area contributed by atoms with Gasteiger partial charge in [0.25, 0.3) is 0 Å². The number of hydrogen-bond donors (Lipinski definition) is 1. The maximum atomic E-state index is 11.0. The molecule has 2 nitrogen and oxygen atoms in total. The highest BCUT2D eigenvalue weighted by atomic mass is 16.1. The quantitative estimate of drug-likeness (QED) is 0.635. The lowest BCUT2D eigenvalue weighted by atomic mass is 9.86. The summed E-state index contributed by atoms with van der Waals surface area (Å²) in [6.45, 7) is 6.97. The minimum absolute atomic E-state index is 0.212. The van der Waals surface area contributed by atoms with Crippen LogP contribution in [0.3, 0.4) is 0 Å². The van der Waals surface area contributed by atoms with Gasteiger partial charge in [0.05, 0.1) is 0 Å². The maximum absolute atomic E-state index is 11.0. The zero-order valence-corrected chi connectivity index (χ0v) is 7.81. The van der Waals surface area contributed by atoms with Gasteiger partial charge >= 0.3 is 0 Å². The lowest BCUT2D eigenvalue weighted by Crippen LogP contribution is -2.33. The van der Waals surface area contributed by atoms with E-state index in [-0.39, 0.29) is 5.91 Å². The fourth-order valence-electron chi connectivity index (χ4n) is 1.77. The maximum Gasteiger partial charge on any atom is 0.220 e. The van der Waals surface area contributed by atoms with Crippen LogP contribution >= 0.6 is 0 Å². The summed E-state index contributed by atoms with van der Waals surface area (Å²) in [4.78, 5) is 11.0. The Bertz CT molecular complexity index is 156. The highest BCUT2D eigenvalue weighted by Gasteiger charge is 2.18. The lowest BCUT2D eigenvalue weighted by Gasteiger charge is -2.25. The van der Waals surface area contributed by atoms with Crippen LogP contribution < -0.4 is 5.32 Å². The molecule has 1 fully saturated rings. The third-order valence-corrected chi connectivity index (χ3v) is 2.78. The van der Waals surface area contributed by atoms with Crippen LogP contribution in [-0.2, 0) is 4.79 Å². The number of carbonyl (C=O) groups excluding carboxylic acids is 1. The largest absolute Gasteiger partial charge is 0.356 e. The van der Waals surface area contributed by atoms with E-state index in [1.54, 1.807) is 0 Å². The molecule has 0 saturated carbocycles. The van der Waals surface area contributed by atoms with E-state index in [0.29, 0.717) is 18.3 Å². The third-order valence-electron chi connectivity index (χ3n) is 2.78. The molecule has 1 rings (SSSR count). The third kappa shape index (κ3) is 2.50. The zero-order valence-electron chi connectivity index (χ0n) is 7.81. The van der Waals surface area contributed by atoms with Crippen molar-refractivity contribution in [2.45, 2.75) is 32.6 Å². The molecule has 1 aliphatic rings. The number of carbonyl (C=O) groups is 1. The Labute approximate surface area is 74.7 Å². The summed E-state index contributed by atoms with van der Waals surface area (Å²) in [5, 5.41) is 2.93. The average molecular weight is 168 g/mol. The second kappa shape index (κ2) is 4.48. The molecule has 12 heavy (non-hydrogen) atoms. The molecular formula is C10H18NO. The minimum Gasteiger partial charge on any atom is -0.356 e. The lowest BCUT2D eigenvalue weighted by molar-refractivity contribution is -0.121. The highest BCUT2D eigenvalue weighted by molar-refractivity contribution is 5.75. The summed E-state index contributed by atoms with van der Waals surface area (Å²) in [5.74, 6) is 1.50. The monoisotopic (exact) mass is 168 g/mol. The molecule has 1 N–H and O–H groups in total. The van der Waals surface area contributed by atoms with Crippen molar-refractivity contribution in [3.8, 4) is 0 Å². The van der Waals surface area contributed by atoms with E-state index in [1.807, 2.05) is 0 Å². The zero-order chi connectivity index (χ0) is 8.97. The molecule has 1 amide bonds. The summed E-state index contributed by atoms with van der Waals surface area (Å²) in [6.07, 6.45) is 3.88. The molecule has 0 aromatic carbocycles. The molecule has 69 valence electrons. The van der Waals surface area contributed by atoms with Gasteiger partial charge in [-0.3, -0.25) is 4.79 Å². The molecule has 0 aromatic heterocycles. The van der Waals surface area contributed by atoms with Crippen molar-refractivity contribution in [1.29, 1.82) is 0 Å². The van der Waals surface area contributed by atoms with Crippen molar-refractivity contribution >= 4 is 5.91 Å². The van der Waals surface area contributed by atoms with Crippen LogP contribution in [0.2, 0.25) is 0 Å². The molecule has 0 spiro atoms. The molecule has 2 unspecified atom stereocenters. The van der Waals surface area contributed by atoms with Crippen LogP contribution in [0.5, 0.6) is 0 Å². The second-order valence-electron chi connectivity index (χ2n) is 3.72. The van der Waals surface area contributed by atoms with Crippen molar-refractivity contribution in [3.63, 3.8) is 0 Å². The second-order valence-corrected chi connectivity index (χ2v) is 3.72. The van der Waals surface area contributed by atoms with Gasteiger partial charge in [-0.15, -0.1) is 0 Å². The van der Waals surface area contributed by atoms with E-state index in [4.69, 9.17) is 0 Å². The van der Waals surface area contributed by atoms with E-state index in [9.17, 15) is 4.79 Å². The predicted molar refractivity (Wildman–Crippen MR) is 49.5 cm³/mol. The molecule has 1 heterocycles. The standard InChI is InChI=1S/C10H18NO/c1-3-9-5-4-6-10(12)11-7-8(9)2/h8-9H,1,3-7H2,2H3,(H,11,12). The number of hydrogen-bond acceptors (Lipinski definition) is 1. The van der Waals surface area contributed by atoms with Gasteiger partial charge < -0.3 is 5.32 Å². The summed E-state index contributed by atoms with van der Waals surface area (Å²) in [6, 6.07) is 0. The van der Waals surface area contributed by atoms with Crippen molar-refractivity contribution in [2.24, 2.45) is 11.8 Å². The van der Waals surface area contributed by atoms with Crippen LogP contribution in [0.4, 0.5) is 0 Å². The first-order valence-corrected chi connectivity index (χ1v) is 4.80. The average Bonchev–Trinajstić information content (AvgIpc) is 2.06. The first kappa shape index (κ1) is 9.56. The fraction of sp³-hybridized carbons (Fsp3) is 0.800. The summed E-state index contributed by atoms with van der Waals surface area (Å²) in [7, 11) is 0. The van der Waals surface area contributed by atoms with Crippen LogP contribution in [0, 0.1) is 18.8 Å². The van der Waals surface area contributed by atoms with Gasteiger partial charge in [-0.25, -0.2) is 0 Å². The molecule has 1 radical (unpaired) electrons. The SMILES string of the molecule is [CH2]CC1CCCC(=O)NCC1C. The fourth-order valence-corrected chi connectivity index (χ4v) is 1.77. The van der Waals surface area contributed by atoms with Gasteiger partial charge in [-0.1, -0.05) is 20.3 Å². The van der Waals surface area contributed by atoms with Crippen molar-refractivity contribution in [2.75, 3.05) is 6.54 Å². The molecule has 0 aromatic rings. The highest BCUT2D eigenvalue weighted by Crippen LogP contribution is 2.22. The smallest absolute Gasteiger partial charge is 0.220 e. The van der Waals surface area contributed by atoms with Crippen LogP contribution in [0.25, 0.3) is 0 Å². The molecule has 1 aliphatic heterocycles. The Hall–Kier alpha value is -0.530. The Kier molecular flexibility index (Phi) is 3.57. The summed E-state index contributed by atoms with van der Waals surface area (Å²) in [5.41, 5.74) is 0. The molecule has 2 atom stereocenters. The number of amides is 1. The number of nitrogens with one attached hydrogen (secondary N) is 1.